The van der Waals surface area contributed by atoms with Crippen molar-refractivity contribution in [2.24, 2.45) is 0 Å². The average molecular weight is 249 g/mol. The molecule has 0 saturated heterocycles. The highest BCUT2D eigenvalue weighted by Gasteiger charge is 2.22. The summed E-state index contributed by atoms with van der Waals surface area (Å²) in [5, 5.41) is 0.150. The van der Waals surface area contributed by atoms with Gasteiger partial charge >= 0.3 is 0 Å². The second-order valence-electron chi connectivity index (χ2n) is 3.56. The molecule has 5 heteroatoms. The highest BCUT2D eigenvalue weighted by atomic mass is 35.5. The van der Waals surface area contributed by atoms with Crippen LogP contribution in [-0.4, -0.2) is 18.3 Å². The van der Waals surface area contributed by atoms with Gasteiger partial charge in [0.1, 0.15) is 5.75 Å². The van der Waals surface area contributed by atoms with Gasteiger partial charge in [-0.2, -0.15) is 0 Å². The fourth-order valence-corrected chi connectivity index (χ4v) is 1.28. The van der Waals surface area contributed by atoms with Gasteiger partial charge in [0.2, 0.25) is 0 Å². The van der Waals surface area contributed by atoms with Crippen LogP contribution in [0, 0.1) is 0 Å². The molecule has 88 valence electrons. The third-order valence-electron chi connectivity index (χ3n) is 1.82. The third kappa shape index (κ3) is 3.77. The minimum atomic E-state index is -2.91. The SMILES string of the molecule is CC(=O)c1ccc(OCC(C)(F)F)c(Cl)c1. The first kappa shape index (κ1) is 12.9. The summed E-state index contributed by atoms with van der Waals surface area (Å²) in [6.07, 6.45) is 0. The van der Waals surface area contributed by atoms with Crippen LogP contribution in [0.2, 0.25) is 5.02 Å². The van der Waals surface area contributed by atoms with Gasteiger partial charge in [0.15, 0.2) is 12.4 Å². The van der Waals surface area contributed by atoms with E-state index in [1.54, 1.807) is 0 Å². The number of alkyl halides is 2. The lowest BCUT2D eigenvalue weighted by atomic mass is 10.1. The van der Waals surface area contributed by atoms with E-state index in [1.807, 2.05) is 0 Å². The minimum absolute atomic E-state index is 0.144. The minimum Gasteiger partial charge on any atom is -0.486 e. The Balaban J connectivity index is 2.80. The summed E-state index contributed by atoms with van der Waals surface area (Å²) >= 11 is 5.78. The molecule has 0 atom stereocenters. The monoisotopic (exact) mass is 248 g/mol. The molecular weight excluding hydrogens is 238 g/mol. The summed E-state index contributed by atoms with van der Waals surface area (Å²) in [4.78, 5) is 11.0. The van der Waals surface area contributed by atoms with Gasteiger partial charge in [-0.15, -0.1) is 0 Å². The first-order valence-electron chi connectivity index (χ1n) is 4.61. The molecule has 0 unspecified atom stereocenters. The summed E-state index contributed by atoms with van der Waals surface area (Å²) < 4.78 is 29.9. The molecule has 0 aliphatic carbocycles. The highest BCUT2D eigenvalue weighted by molar-refractivity contribution is 6.32. The largest absolute Gasteiger partial charge is 0.486 e. The molecule has 0 heterocycles. The molecule has 0 saturated carbocycles. The zero-order chi connectivity index (χ0) is 12.3. The molecule has 2 nitrogen and oxygen atoms in total. The molecule has 0 N–H and O–H groups in total. The topological polar surface area (TPSA) is 26.3 Å². The number of halogens is 3. The molecule has 1 rings (SSSR count). The van der Waals surface area contributed by atoms with Crippen molar-refractivity contribution in [3.05, 3.63) is 28.8 Å². The van der Waals surface area contributed by atoms with Crippen LogP contribution >= 0.6 is 11.6 Å². The van der Waals surface area contributed by atoms with E-state index in [1.165, 1.54) is 25.1 Å². The quantitative estimate of drug-likeness (QED) is 0.762. The molecule has 0 radical (unpaired) electrons. The van der Waals surface area contributed by atoms with E-state index >= 15 is 0 Å². The van der Waals surface area contributed by atoms with Crippen molar-refractivity contribution in [2.45, 2.75) is 19.8 Å². The van der Waals surface area contributed by atoms with Crippen LogP contribution in [0.25, 0.3) is 0 Å². The fraction of sp³-hybridized carbons (Fsp3) is 0.364. The molecule has 0 aromatic heterocycles. The molecule has 0 fully saturated rings. The fourth-order valence-electron chi connectivity index (χ4n) is 1.04. The van der Waals surface area contributed by atoms with Gasteiger partial charge in [-0.05, 0) is 25.1 Å². The van der Waals surface area contributed by atoms with Crippen LogP contribution in [-0.2, 0) is 0 Å². The van der Waals surface area contributed by atoms with Crippen LogP contribution < -0.4 is 4.74 Å². The van der Waals surface area contributed by atoms with Crippen LogP contribution in [0.3, 0.4) is 0 Å². The Bertz CT molecular complexity index is 399. The second-order valence-corrected chi connectivity index (χ2v) is 3.97. The molecular formula is C11H11ClF2O2. The normalized spacial score (nSPS) is 11.3. The van der Waals surface area contributed by atoms with Gasteiger partial charge in [0.25, 0.3) is 5.92 Å². The average Bonchev–Trinajstić information content (AvgIpc) is 2.14. The number of benzene rings is 1. The Labute approximate surface area is 97.2 Å². The lowest BCUT2D eigenvalue weighted by molar-refractivity contribution is -0.0229. The predicted molar refractivity (Wildman–Crippen MR) is 57.6 cm³/mol. The van der Waals surface area contributed by atoms with Gasteiger partial charge in [-0.1, -0.05) is 11.6 Å². The molecule has 16 heavy (non-hydrogen) atoms. The predicted octanol–water partition coefficient (Wildman–Crippen LogP) is 3.58. The summed E-state index contributed by atoms with van der Waals surface area (Å²) in [5.74, 6) is -2.91. The van der Waals surface area contributed by atoms with Crippen molar-refractivity contribution < 1.29 is 18.3 Å². The smallest absolute Gasteiger partial charge is 0.278 e. The third-order valence-corrected chi connectivity index (χ3v) is 2.11. The van der Waals surface area contributed by atoms with E-state index in [2.05, 4.69) is 0 Å². The zero-order valence-corrected chi connectivity index (χ0v) is 9.65. The summed E-state index contributed by atoms with van der Waals surface area (Å²) in [6.45, 7) is 1.41. The molecule has 0 bridgehead atoms. The van der Waals surface area contributed by atoms with Crippen molar-refractivity contribution in [3.63, 3.8) is 0 Å². The van der Waals surface area contributed by atoms with Crippen molar-refractivity contribution >= 4 is 17.4 Å². The van der Waals surface area contributed by atoms with Crippen molar-refractivity contribution in [1.29, 1.82) is 0 Å². The van der Waals surface area contributed by atoms with Gasteiger partial charge in [0.05, 0.1) is 5.02 Å². The number of ketones is 1. The first-order valence-corrected chi connectivity index (χ1v) is 4.98. The number of hydrogen-bond donors (Lipinski definition) is 0. The highest BCUT2D eigenvalue weighted by Crippen LogP contribution is 2.27. The van der Waals surface area contributed by atoms with Gasteiger partial charge in [0, 0.05) is 12.5 Å². The van der Waals surface area contributed by atoms with Crippen LogP contribution in [0.15, 0.2) is 18.2 Å². The van der Waals surface area contributed by atoms with E-state index in [0.29, 0.717) is 5.56 Å². The maximum absolute atomic E-state index is 12.5. The number of carbonyl (C=O) groups is 1. The summed E-state index contributed by atoms with van der Waals surface area (Å²) in [5.41, 5.74) is 0.417. The standard InChI is InChI=1S/C11H11ClF2O2/c1-7(15)8-3-4-10(9(12)5-8)16-6-11(2,13)14/h3-5H,6H2,1-2H3. The molecule has 0 aliphatic heterocycles. The number of carbonyl (C=O) groups excluding carboxylic acids is 1. The first-order chi connectivity index (χ1) is 7.29. The van der Waals surface area contributed by atoms with E-state index in [0.717, 1.165) is 6.92 Å². The Morgan fingerprint density at radius 1 is 1.50 bits per heavy atom. The molecule has 0 aliphatic rings. The molecule has 0 spiro atoms. The maximum Gasteiger partial charge on any atom is 0.278 e. The van der Waals surface area contributed by atoms with Crippen molar-refractivity contribution in [3.8, 4) is 5.75 Å². The van der Waals surface area contributed by atoms with Crippen molar-refractivity contribution in [2.75, 3.05) is 6.61 Å². The van der Waals surface area contributed by atoms with E-state index in [9.17, 15) is 13.6 Å². The Morgan fingerprint density at radius 3 is 2.56 bits per heavy atom. The summed E-state index contributed by atoms with van der Waals surface area (Å²) in [6, 6.07) is 4.29. The Hall–Kier alpha value is -1.16. The lowest BCUT2D eigenvalue weighted by Crippen LogP contribution is -2.21. The Morgan fingerprint density at radius 2 is 2.12 bits per heavy atom. The number of Topliss-reactive ketones (excluding diaryl/α,β-unsaturated/α-hetero) is 1. The Kier molecular flexibility index (Phi) is 3.86. The lowest BCUT2D eigenvalue weighted by Gasteiger charge is -2.13. The van der Waals surface area contributed by atoms with E-state index in [4.69, 9.17) is 16.3 Å². The van der Waals surface area contributed by atoms with Crippen LogP contribution in [0.4, 0.5) is 8.78 Å². The summed E-state index contributed by atoms with van der Waals surface area (Å²) in [7, 11) is 0. The van der Waals surface area contributed by atoms with Crippen LogP contribution in [0.1, 0.15) is 24.2 Å². The van der Waals surface area contributed by atoms with Crippen molar-refractivity contribution in [1.82, 2.24) is 0 Å². The molecule has 0 amide bonds. The number of rotatable bonds is 4. The van der Waals surface area contributed by atoms with Gasteiger partial charge in [-0.3, -0.25) is 4.79 Å². The molecule has 1 aromatic rings. The second kappa shape index (κ2) is 4.78. The van der Waals surface area contributed by atoms with E-state index in [-0.39, 0.29) is 16.6 Å². The maximum atomic E-state index is 12.5. The zero-order valence-electron chi connectivity index (χ0n) is 8.89. The van der Waals surface area contributed by atoms with Gasteiger partial charge < -0.3 is 4.74 Å². The number of hydrogen-bond acceptors (Lipinski definition) is 2. The number of ether oxygens (including phenoxy) is 1. The van der Waals surface area contributed by atoms with E-state index < -0.39 is 12.5 Å². The van der Waals surface area contributed by atoms with Crippen LogP contribution in [0.5, 0.6) is 5.75 Å². The van der Waals surface area contributed by atoms with Gasteiger partial charge in [-0.25, -0.2) is 8.78 Å². The molecule has 1 aromatic carbocycles.